The number of carbonyl (C=O) groups excluding carboxylic acids is 2. The number of nitrogens with one attached hydrogen (secondary N) is 1. The molecule has 0 radical (unpaired) electrons. The third kappa shape index (κ3) is 3.55. The van der Waals surface area contributed by atoms with Gasteiger partial charge in [-0.3, -0.25) is 4.79 Å². The van der Waals surface area contributed by atoms with E-state index in [0.717, 1.165) is 0 Å². The molecule has 0 unspecified atom stereocenters. The molecule has 12 heavy (non-hydrogen) atoms. The predicted molar refractivity (Wildman–Crippen MR) is 43.9 cm³/mol. The minimum absolute atomic E-state index is 0.219. The van der Waals surface area contributed by atoms with E-state index in [1.807, 2.05) is 5.48 Å². The average Bonchev–Trinajstić information content (AvgIpc) is 1.98. The van der Waals surface area contributed by atoms with Crippen LogP contribution < -0.4 is 5.48 Å². The van der Waals surface area contributed by atoms with Crippen LogP contribution in [0.15, 0.2) is 24.3 Å². The lowest BCUT2D eigenvalue weighted by Gasteiger charge is -2.03. The van der Waals surface area contributed by atoms with E-state index >= 15 is 0 Å². The van der Waals surface area contributed by atoms with Crippen molar-refractivity contribution in [3.8, 4) is 0 Å². The maximum absolute atomic E-state index is 10.8. The molecule has 0 spiro atoms. The largest absolute Gasteiger partial charge is 0.358 e. The van der Waals surface area contributed by atoms with Gasteiger partial charge in [0.1, 0.15) is 0 Å². The van der Waals surface area contributed by atoms with Crippen molar-refractivity contribution in [1.29, 1.82) is 0 Å². The number of hydrogen-bond donors (Lipinski definition) is 1. The van der Waals surface area contributed by atoms with Crippen molar-refractivity contribution >= 4 is 11.9 Å². The number of rotatable bonds is 2. The van der Waals surface area contributed by atoms with Crippen LogP contribution in [-0.4, -0.2) is 11.9 Å². The summed E-state index contributed by atoms with van der Waals surface area (Å²) >= 11 is 0. The van der Waals surface area contributed by atoms with Crippen molar-refractivity contribution in [2.24, 2.45) is 0 Å². The Morgan fingerprint density at radius 3 is 2.00 bits per heavy atom. The summed E-state index contributed by atoms with van der Waals surface area (Å²) in [5.41, 5.74) is 2.40. The van der Waals surface area contributed by atoms with Crippen molar-refractivity contribution in [3.05, 3.63) is 24.3 Å². The summed E-state index contributed by atoms with van der Waals surface area (Å²) in [7, 11) is 0. The van der Waals surface area contributed by atoms with Crippen LogP contribution in [0.4, 0.5) is 0 Å². The lowest BCUT2D eigenvalue weighted by molar-refractivity contribution is -0.152. The second-order valence-electron chi connectivity index (χ2n) is 2.38. The highest BCUT2D eigenvalue weighted by Gasteiger charge is 2.06. The van der Waals surface area contributed by atoms with Gasteiger partial charge in [0.25, 0.3) is 5.91 Å². The van der Waals surface area contributed by atoms with Gasteiger partial charge < -0.3 is 4.84 Å². The summed E-state index contributed by atoms with van der Waals surface area (Å²) in [6.45, 7) is 9.67. The van der Waals surface area contributed by atoms with Crippen molar-refractivity contribution in [2.75, 3.05) is 0 Å². The van der Waals surface area contributed by atoms with Crippen LogP contribution in [0.2, 0.25) is 0 Å². The highest BCUT2D eigenvalue weighted by Crippen LogP contribution is 1.91. The van der Waals surface area contributed by atoms with Crippen LogP contribution in [0.5, 0.6) is 0 Å². The molecule has 0 fully saturated rings. The van der Waals surface area contributed by atoms with E-state index in [1.165, 1.54) is 13.8 Å². The zero-order valence-electron chi connectivity index (χ0n) is 7.14. The van der Waals surface area contributed by atoms with Gasteiger partial charge in [-0.15, -0.1) is 0 Å². The standard InChI is InChI=1S/C8H11NO3/c1-5(2)7(10)9-12-8(11)6(3)4/h1,3H2,2,4H3,(H,9,10). The Bertz CT molecular complexity index is 217. The van der Waals surface area contributed by atoms with Crippen LogP contribution >= 0.6 is 0 Å². The van der Waals surface area contributed by atoms with Crippen molar-refractivity contribution in [1.82, 2.24) is 5.48 Å². The summed E-state index contributed by atoms with van der Waals surface area (Å²) in [5, 5.41) is 0. The van der Waals surface area contributed by atoms with E-state index in [2.05, 4.69) is 18.0 Å². The minimum Gasteiger partial charge on any atom is -0.335 e. The first-order valence-corrected chi connectivity index (χ1v) is 3.27. The van der Waals surface area contributed by atoms with Crippen molar-refractivity contribution < 1.29 is 14.4 Å². The average molecular weight is 169 g/mol. The zero-order chi connectivity index (χ0) is 9.72. The summed E-state index contributed by atoms with van der Waals surface area (Å²) in [6, 6.07) is 0. The molecule has 0 saturated carbocycles. The molecule has 1 N–H and O–H groups in total. The third-order valence-corrected chi connectivity index (χ3v) is 0.973. The first-order valence-electron chi connectivity index (χ1n) is 3.27. The molecule has 0 atom stereocenters. The normalized spacial score (nSPS) is 8.50. The van der Waals surface area contributed by atoms with E-state index in [1.54, 1.807) is 0 Å². The molecular formula is C8H11NO3. The maximum atomic E-state index is 10.8. The highest BCUT2D eigenvalue weighted by molar-refractivity contribution is 5.93. The SMILES string of the molecule is C=C(C)C(=O)NOC(=O)C(=C)C. The van der Waals surface area contributed by atoms with Gasteiger partial charge in [0, 0.05) is 11.1 Å². The van der Waals surface area contributed by atoms with Gasteiger partial charge in [0.15, 0.2) is 0 Å². The Balaban J connectivity index is 3.85. The first kappa shape index (κ1) is 10.4. The molecule has 0 aromatic carbocycles. The molecule has 0 aliphatic rings. The van der Waals surface area contributed by atoms with Crippen molar-refractivity contribution in [3.63, 3.8) is 0 Å². The Kier molecular flexibility index (Phi) is 3.76. The van der Waals surface area contributed by atoms with Gasteiger partial charge in [-0.2, -0.15) is 5.48 Å². The zero-order valence-corrected chi connectivity index (χ0v) is 7.14. The number of amides is 1. The van der Waals surface area contributed by atoms with E-state index < -0.39 is 11.9 Å². The van der Waals surface area contributed by atoms with E-state index in [0.29, 0.717) is 0 Å². The number of hydroxylamine groups is 1. The lowest BCUT2D eigenvalue weighted by Crippen LogP contribution is -2.27. The molecule has 66 valence electrons. The molecule has 4 nitrogen and oxygen atoms in total. The number of hydrogen-bond acceptors (Lipinski definition) is 3. The van der Waals surface area contributed by atoms with Gasteiger partial charge in [0.2, 0.25) is 0 Å². The fraction of sp³-hybridized carbons (Fsp3) is 0.250. The third-order valence-electron chi connectivity index (χ3n) is 0.973. The molecule has 0 bridgehead atoms. The van der Waals surface area contributed by atoms with E-state index in [4.69, 9.17) is 0 Å². The Morgan fingerprint density at radius 2 is 1.67 bits per heavy atom. The first-order chi connectivity index (χ1) is 5.45. The molecule has 1 amide bonds. The topological polar surface area (TPSA) is 55.4 Å². The summed E-state index contributed by atoms with van der Waals surface area (Å²) in [5.74, 6) is -1.19. The molecule has 4 heteroatoms. The van der Waals surface area contributed by atoms with Gasteiger partial charge in [-0.25, -0.2) is 4.79 Å². The maximum Gasteiger partial charge on any atom is 0.358 e. The van der Waals surface area contributed by atoms with Crippen LogP contribution in [0.25, 0.3) is 0 Å². The van der Waals surface area contributed by atoms with Crippen LogP contribution in [0, 0.1) is 0 Å². The van der Waals surface area contributed by atoms with E-state index in [-0.39, 0.29) is 11.1 Å². The second kappa shape index (κ2) is 4.33. The lowest BCUT2D eigenvalue weighted by atomic mass is 10.3. The smallest absolute Gasteiger partial charge is 0.335 e. The van der Waals surface area contributed by atoms with Gasteiger partial charge in [-0.05, 0) is 13.8 Å². The van der Waals surface area contributed by atoms with Crippen LogP contribution in [0.3, 0.4) is 0 Å². The Labute approximate surface area is 70.9 Å². The molecule has 0 saturated heterocycles. The fourth-order valence-electron chi connectivity index (χ4n) is 0.267. The fourth-order valence-corrected chi connectivity index (χ4v) is 0.267. The highest BCUT2D eigenvalue weighted by atomic mass is 16.7. The molecule has 0 aliphatic carbocycles. The molecule has 0 rings (SSSR count). The van der Waals surface area contributed by atoms with Gasteiger partial charge >= 0.3 is 5.97 Å². The molecule has 0 aromatic heterocycles. The summed E-state index contributed by atoms with van der Waals surface area (Å²) < 4.78 is 0. The minimum atomic E-state index is -0.662. The van der Waals surface area contributed by atoms with Crippen LogP contribution in [0.1, 0.15) is 13.8 Å². The molecule has 0 heterocycles. The van der Waals surface area contributed by atoms with Crippen molar-refractivity contribution in [2.45, 2.75) is 13.8 Å². The quantitative estimate of drug-likeness (QED) is 0.489. The monoisotopic (exact) mass is 169 g/mol. The summed E-state index contributed by atoms with van der Waals surface area (Å²) in [6.07, 6.45) is 0. The van der Waals surface area contributed by atoms with Crippen LogP contribution in [-0.2, 0) is 14.4 Å². The Morgan fingerprint density at radius 1 is 1.17 bits per heavy atom. The second-order valence-corrected chi connectivity index (χ2v) is 2.38. The van der Waals surface area contributed by atoms with Gasteiger partial charge in [0.05, 0.1) is 0 Å². The molecule has 0 aromatic rings. The molecular weight excluding hydrogens is 158 g/mol. The number of carbonyl (C=O) groups is 2. The predicted octanol–water partition coefficient (Wildman–Crippen LogP) is 0.713. The Hall–Kier alpha value is -1.58. The van der Waals surface area contributed by atoms with Gasteiger partial charge in [-0.1, -0.05) is 13.2 Å². The van der Waals surface area contributed by atoms with E-state index in [9.17, 15) is 9.59 Å². The summed E-state index contributed by atoms with van der Waals surface area (Å²) in [4.78, 5) is 25.8. The molecule has 0 aliphatic heterocycles.